The van der Waals surface area contributed by atoms with Gasteiger partial charge >= 0.3 is 6.09 Å². The van der Waals surface area contributed by atoms with E-state index >= 15 is 0 Å². The molecular formula is C23H22ClN3O4. The Morgan fingerprint density at radius 1 is 1.06 bits per heavy atom. The normalized spacial score (nSPS) is 13.5. The maximum Gasteiger partial charge on any atom is 0.417 e. The number of hydrogen-bond acceptors (Lipinski definition) is 6. The molecule has 0 radical (unpaired) electrons. The second-order valence-electron chi connectivity index (χ2n) is 6.89. The Hall–Kier alpha value is -3.29. The van der Waals surface area contributed by atoms with Crippen LogP contribution in [0.2, 0.25) is 5.02 Å². The number of nitrogens with zero attached hydrogens (tertiary/aromatic N) is 2. The molecule has 1 aliphatic heterocycles. The molecule has 0 bridgehead atoms. The van der Waals surface area contributed by atoms with Crippen LogP contribution in [0.5, 0.6) is 11.5 Å². The number of halogens is 1. The van der Waals surface area contributed by atoms with Gasteiger partial charge < -0.3 is 19.1 Å². The van der Waals surface area contributed by atoms with Crippen molar-refractivity contribution in [3.05, 3.63) is 65.8 Å². The number of carbonyl (C=O) groups excluding carboxylic acids is 1. The van der Waals surface area contributed by atoms with Crippen LogP contribution in [-0.4, -0.2) is 44.5 Å². The van der Waals surface area contributed by atoms with Gasteiger partial charge in [-0.3, -0.25) is 5.32 Å². The molecule has 1 N–H and O–H groups in total. The van der Waals surface area contributed by atoms with Crippen molar-refractivity contribution in [1.82, 2.24) is 4.98 Å². The summed E-state index contributed by atoms with van der Waals surface area (Å²) in [5.41, 5.74) is 2.19. The van der Waals surface area contributed by atoms with E-state index in [-0.39, 0.29) is 0 Å². The van der Waals surface area contributed by atoms with E-state index in [1.54, 1.807) is 37.6 Å². The average molecular weight is 440 g/mol. The first-order valence-corrected chi connectivity index (χ1v) is 10.2. The summed E-state index contributed by atoms with van der Waals surface area (Å²) < 4.78 is 16.0. The number of amides is 1. The second-order valence-corrected chi connectivity index (χ2v) is 7.30. The lowest BCUT2D eigenvalue weighted by Gasteiger charge is -2.27. The van der Waals surface area contributed by atoms with Crippen LogP contribution in [0, 0.1) is 0 Å². The molecule has 3 aromatic rings. The fraction of sp³-hybridized carbons (Fsp3) is 0.217. The van der Waals surface area contributed by atoms with Gasteiger partial charge in [-0.2, -0.15) is 0 Å². The molecule has 1 aromatic heterocycles. The van der Waals surface area contributed by atoms with Gasteiger partial charge in [0, 0.05) is 23.7 Å². The molecule has 8 heteroatoms. The van der Waals surface area contributed by atoms with Crippen LogP contribution in [0.3, 0.4) is 0 Å². The highest BCUT2D eigenvalue weighted by molar-refractivity contribution is 6.33. The lowest BCUT2D eigenvalue weighted by Crippen LogP contribution is -2.36. The topological polar surface area (TPSA) is 72.9 Å². The average Bonchev–Trinajstić information content (AvgIpc) is 2.81. The van der Waals surface area contributed by atoms with Crippen molar-refractivity contribution in [1.29, 1.82) is 0 Å². The zero-order chi connectivity index (χ0) is 21.6. The molecule has 0 aliphatic carbocycles. The number of anilines is 2. The summed E-state index contributed by atoms with van der Waals surface area (Å²) in [5, 5.41) is 3.25. The van der Waals surface area contributed by atoms with E-state index in [0.717, 1.165) is 35.8 Å². The van der Waals surface area contributed by atoms with Gasteiger partial charge in [0.05, 0.1) is 32.2 Å². The van der Waals surface area contributed by atoms with Crippen molar-refractivity contribution < 1.29 is 19.0 Å². The molecule has 2 aromatic carbocycles. The third kappa shape index (κ3) is 5.25. The summed E-state index contributed by atoms with van der Waals surface area (Å²) >= 11 is 6.34. The van der Waals surface area contributed by atoms with Crippen molar-refractivity contribution >= 4 is 29.2 Å². The molecule has 0 atom stereocenters. The smallest absolute Gasteiger partial charge is 0.417 e. The van der Waals surface area contributed by atoms with Gasteiger partial charge in [-0.25, -0.2) is 9.78 Å². The quantitative estimate of drug-likeness (QED) is 0.612. The highest BCUT2D eigenvalue weighted by Gasteiger charge is 2.13. The largest absolute Gasteiger partial charge is 0.497 e. The molecule has 7 nitrogen and oxygen atoms in total. The zero-order valence-electron chi connectivity index (χ0n) is 17.0. The molecule has 1 aliphatic rings. The van der Waals surface area contributed by atoms with Gasteiger partial charge in [-0.15, -0.1) is 0 Å². The SMILES string of the molecule is COc1ccc(-c2cc(OC(=O)Nc3ccc(N4CCOCC4)nc3)ccc2Cl)cc1. The lowest BCUT2D eigenvalue weighted by atomic mass is 10.1. The number of pyridine rings is 1. The first-order valence-electron chi connectivity index (χ1n) is 9.84. The highest BCUT2D eigenvalue weighted by Crippen LogP contribution is 2.32. The Labute approximate surface area is 185 Å². The van der Waals surface area contributed by atoms with Gasteiger partial charge in [-0.1, -0.05) is 23.7 Å². The summed E-state index contributed by atoms with van der Waals surface area (Å²) in [7, 11) is 1.61. The van der Waals surface area contributed by atoms with E-state index in [4.69, 9.17) is 25.8 Å². The Bertz CT molecular complexity index is 1040. The third-order valence-electron chi connectivity index (χ3n) is 4.88. The minimum Gasteiger partial charge on any atom is -0.497 e. The van der Waals surface area contributed by atoms with Gasteiger partial charge in [0.25, 0.3) is 0 Å². The molecule has 1 amide bonds. The van der Waals surface area contributed by atoms with Crippen LogP contribution in [-0.2, 0) is 4.74 Å². The summed E-state index contributed by atoms with van der Waals surface area (Å²) in [4.78, 5) is 18.9. The predicted molar refractivity (Wildman–Crippen MR) is 120 cm³/mol. The van der Waals surface area contributed by atoms with Crippen LogP contribution in [0.15, 0.2) is 60.8 Å². The van der Waals surface area contributed by atoms with Gasteiger partial charge in [0.2, 0.25) is 0 Å². The Morgan fingerprint density at radius 2 is 1.81 bits per heavy atom. The fourth-order valence-electron chi connectivity index (χ4n) is 3.25. The van der Waals surface area contributed by atoms with Gasteiger partial charge in [0.1, 0.15) is 17.3 Å². The van der Waals surface area contributed by atoms with E-state index in [0.29, 0.717) is 29.7 Å². The number of morpholine rings is 1. The first-order chi connectivity index (χ1) is 15.1. The first kappa shape index (κ1) is 21.0. The summed E-state index contributed by atoms with van der Waals surface area (Å²) in [6.45, 7) is 2.98. The number of nitrogens with one attached hydrogen (secondary N) is 1. The summed E-state index contributed by atoms with van der Waals surface area (Å²) in [6.07, 6.45) is 1.00. The van der Waals surface area contributed by atoms with Crippen LogP contribution in [0.25, 0.3) is 11.1 Å². The van der Waals surface area contributed by atoms with Gasteiger partial charge in [0.15, 0.2) is 0 Å². The molecule has 1 fully saturated rings. The van der Waals surface area contributed by atoms with Gasteiger partial charge in [-0.05, 0) is 48.0 Å². The van der Waals surface area contributed by atoms with E-state index in [1.807, 2.05) is 30.3 Å². The Morgan fingerprint density at radius 3 is 2.48 bits per heavy atom. The zero-order valence-corrected chi connectivity index (χ0v) is 17.8. The highest BCUT2D eigenvalue weighted by atomic mass is 35.5. The molecule has 2 heterocycles. The van der Waals surface area contributed by atoms with Crippen LogP contribution in [0.1, 0.15) is 0 Å². The second kappa shape index (κ2) is 9.68. The summed E-state index contributed by atoms with van der Waals surface area (Å²) in [6, 6.07) is 16.2. The Kier molecular flexibility index (Phi) is 6.54. The molecule has 0 unspecified atom stereocenters. The van der Waals surface area contributed by atoms with Crippen molar-refractivity contribution in [2.45, 2.75) is 0 Å². The van der Waals surface area contributed by atoms with Crippen molar-refractivity contribution in [2.75, 3.05) is 43.6 Å². The number of carbonyl (C=O) groups is 1. The summed E-state index contributed by atoms with van der Waals surface area (Å²) in [5.74, 6) is 1.98. The predicted octanol–water partition coefficient (Wildman–Crippen LogP) is 4.86. The number of benzene rings is 2. The van der Waals surface area contributed by atoms with E-state index < -0.39 is 6.09 Å². The van der Waals surface area contributed by atoms with E-state index in [9.17, 15) is 4.79 Å². The lowest BCUT2D eigenvalue weighted by molar-refractivity contribution is 0.122. The molecule has 31 heavy (non-hydrogen) atoms. The minimum atomic E-state index is -0.607. The van der Waals surface area contributed by atoms with Crippen molar-refractivity contribution in [3.8, 4) is 22.6 Å². The number of rotatable bonds is 5. The monoisotopic (exact) mass is 439 g/mol. The third-order valence-corrected chi connectivity index (χ3v) is 5.21. The standard InChI is InChI=1S/C23H22ClN3O4/c1-29-18-5-2-16(3-6-18)20-14-19(7-8-21(20)24)31-23(28)26-17-4-9-22(25-15-17)27-10-12-30-13-11-27/h2-9,14-15H,10-13H2,1H3,(H,26,28). The molecule has 0 saturated carbocycles. The van der Waals surface area contributed by atoms with Crippen molar-refractivity contribution in [2.24, 2.45) is 0 Å². The number of aromatic nitrogens is 1. The van der Waals surface area contributed by atoms with Crippen LogP contribution < -0.4 is 19.7 Å². The minimum absolute atomic E-state index is 0.380. The van der Waals surface area contributed by atoms with Crippen LogP contribution in [0.4, 0.5) is 16.3 Å². The van der Waals surface area contributed by atoms with E-state index in [2.05, 4.69) is 15.2 Å². The molecular weight excluding hydrogens is 418 g/mol. The number of hydrogen-bond donors (Lipinski definition) is 1. The maximum atomic E-state index is 12.3. The molecule has 4 rings (SSSR count). The molecule has 0 spiro atoms. The van der Waals surface area contributed by atoms with Crippen LogP contribution >= 0.6 is 11.6 Å². The Balaban J connectivity index is 1.41. The fourth-order valence-corrected chi connectivity index (χ4v) is 3.48. The van der Waals surface area contributed by atoms with Crippen molar-refractivity contribution in [3.63, 3.8) is 0 Å². The number of ether oxygens (including phenoxy) is 3. The molecule has 160 valence electrons. The van der Waals surface area contributed by atoms with E-state index in [1.165, 1.54) is 0 Å². The number of methoxy groups -OCH3 is 1. The molecule has 1 saturated heterocycles. The maximum absolute atomic E-state index is 12.3.